The molecule has 6 rings (SSSR count). The number of carbonyl (C=O) groups excluding carboxylic acids is 1. The number of anilines is 1. The second kappa shape index (κ2) is 10.4. The fraction of sp³-hybridized carbons (Fsp3) is 0.467. The third kappa shape index (κ3) is 5.02. The van der Waals surface area contributed by atoms with Gasteiger partial charge >= 0.3 is 0 Å². The van der Waals surface area contributed by atoms with Gasteiger partial charge in [0.25, 0.3) is 5.91 Å². The Morgan fingerprint density at radius 2 is 1.89 bits per heavy atom. The van der Waals surface area contributed by atoms with Crippen molar-refractivity contribution in [2.24, 2.45) is 0 Å². The van der Waals surface area contributed by atoms with Crippen molar-refractivity contribution < 1.29 is 9.53 Å². The van der Waals surface area contributed by atoms with Crippen LogP contribution in [0.3, 0.4) is 0 Å². The van der Waals surface area contributed by atoms with Crippen LogP contribution in [-0.2, 0) is 4.74 Å². The number of rotatable bonds is 6. The minimum absolute atomic E-state index is 0.195. The van der Waals surface area contributed by atoms with Gasteiger partial charge in [-0.05, 0) is 87.6 Å². The number of hydrogen-bond donors (Lipinski definition) is 1. The lowest BCUT2D eigenvalue weighted by Gasteiger charge is -2.36. The van der Waals surface area contributed by atoms with Crippen molar-refractivity contribution in [2.45, 2.75) is 64.8 Å². The normalized spacial score (nSPS) is 20.3. The van der Waals surface area contributed by atoms with Crippen molar-refractivity contribution in [3.8, 4) is 5.82 Å². The summed E-state index contributed by atoms with van der Waals surface area (Å²) in [5.74, 6) is 1.20. The summed E-state index contributed by atoms with van der Waals surface area (Å²) in [5, 5.41) is 7.49. The smallest absolute Gasteiger partial charge is 0.259 e. The van der Waals surface area contributed by atoms with E-state index in [9.17, 15) is 4.79 Å². The summed E-state index contributed by atoms with van der Waals surface area (Å²) in [6.07, 6.45) is 11.4. The number of ether oxygens (including phenoxy) is 1. The molecular formula is C30H36N6O2. The molecule has 1 N–H and O–H groups in total. The van der Waals surface area contributed by atoms with E-state index >= 15 is 0 Å². The maximum Gasteiger partial charge on any atom is 0.259 e. The van der Waals surface area contributed by atoms with Gasteiger partial charge in [-0.1, -0.05) is 12.1 Å². The van der Waals surface area contributed by atoms with Gasteiger partial charge in [-0.25, -0.2) is 9.67 Å². The van der Waals surface area contributed by atoms with Gasteiger partial charge in [-0.15, -0.1) is 0 Å². The highest BCUT2D eigenvalue weighted by Crippen LogP contribution is 2.41. The molecule has 0 bridgehead atoms. The minimum Gasteiger partial charge on any atom is -0.379 e. The van der Waals surface area contributed by atoms with Crippen molar-refractivity contribution in [1.29, 1.82) is 0 Å². The van der Waals surface area contributed by atoms with Crippen molar-refractivity contribution in [1.82, 2.24) is 24.6 Å². The summed E-state index contributed by atoms with van der Waals surface area (Å²) in [5.41, 5.74) is 7.75. The predicted molar refractivity (Wildman–Crippen MR) is 148 cm³/mol. The van der Waals surface area contributed by atoms with Crippen LogP contribution >= 0.6 is 0 Å². The van der Waals surface area contributed by atoms with Crippen molar-refractivity contribution in [2.75, 3.05) is 31.6 Å². The van der Waals surface area contributed by atoms with Gasteiger partial charge in [0.2, 0.25) is 0 Å². The molecule has 2 aliphatic carbocycles. The summed E-state index contributed by atoms with van der Waals surface area (Å²) >= 11 is 0. The third-order valence-corrected chi connectivity index (χ3v) is 8.19. The Kier molecular flexibility index (Phi) is 6.84. The van der Waals surface area contributed by atoms with E-state index in [1.54, 1.807) is 17.1 Å². The molecule has 1 saturated carbocycles. The quantitative estimate of drug-likeness (QED) is 0.501. The van der Waals surface area contributed by atoms with Crippen LogP contribution in [-0.4, -0.2) is 62.9 Å². The zero-order chi connectivity index (χ0) is 26.2. The summed E-state index contributed by atoms with van der Waals surface area (Å²) in [6.45, 7) is 9.75. The van der Waals surface area contributed by atoms with Crippen LogP contribution in [0.4, 0.5) is 5.69 Å². The molecule has 3 aromatic heterocycles. The fourth-order valence-electron chi connectivity index (χ4n) is 5.85. The van der Waals surface area contributed by atoms with Gasteiger partial charge in [0.1, 0.15) is 0 Å². The lowest BCUT2D eigenvalue weighted by molar-refractivity contribution is 0.0150. The summed E-state index contributed by atoms with van der Waals surface area (Å²) in [4.78, 5) is 25.2. The standard InChI is InChI=1S/C30H36N6O2/c1-19-16-24(17-31-29(19)23-6-8-25(9-7-23)35-12-14-38-15-13-35)34-30(37)27-18-32-36(21(27)3)28-11-10-26(20(2)33-28)22-4-5-22/h6,10-11,16-18,22,25H,4-5,7-9,12-15H2,1-3H3,(H,34,37). The number of aryl methyl sites for hydroxylation is 2. The Bertz CT molecular complexity index is 1380. The molecule has 3 aromatic rings. The average Bonchev–Trinajstić information content (AvgIpc) is 3.70. The zero-order valence-electron chi connectivity index (χ0n) is 22.5. The summed E-state index contributed by atoms with van der Waals surface area (Å²) < 4.78 is 7.25. The molecule has 1 unspecified atom stereocenters. The largest absolute Gasteiger partial charge is 0.379 e. The molecular weight excluding hydrogens is 476 g/mol. The number of nitrogens with zero attached hydrogens (tertiary/aromatic N) is 5. The lowest BCUT2D eigenvalue weighted by atomic mass is 9.90. The van der Waals surface area contributed by atoms with Gasteiger partial charge in [-0.3, -0.25) is 14.7 Å². The van der Waals surface area contributed by atoms with E-state index in [-0.39, 0.29) is 5.91 Å². The minimum atomic E-state index is -0.195. The van der Waals surface area contributed by atoms with E-state index in [0.717, 1.165) is 74.0 Å². The number of amides is 1. The van der Waals surface area contributed by atoms with Gasteiger partial charge < -0.3 is 10.1 Å². The molecule has 198 valence electrons. The van der Waals surface area contributed by atoms with E-state index in [0.29, 0.717) is 23.2 Å². The highest BCUT2D eigenvalue weighted by atomic mass is 16.5. The molecule has 1 amide bonds. The highest BCUT2D eigenvalue weighted by molar-refractivity contribution is 6.05. The van der Waals surface area contributed by atoms with Gasteiger partial charge in [0, 0.05) is 24.8 Å². The van der Waals surface area contributed by atoms with Crippen LogP contribution in [0.5, 0.6) is 0 Å². The zero-order valence-corrected chi connectivity index (χ0v) is 22.5. The van der Waals surface area contributed by atoms with Crippen molar-refractivity contribution in [3.05, 3.63) is 70.4 Å². The molecule has 8 heteroatoms. The summed E-state index contributed by atoms with van der Waals surface area (Å²) in [6, 6.07) is 6.76. The van der Waals surface area contributed by atoms with Gasteiger partial charge in [0.15, 0.2) is 5.82 Å². The molecule has 38 heavy (non-hydrogen) atoms. The molecule has 8 nitrogen and oxygen atoms in total. The second-order valence-corrected chi connectivity index (χ2v) is 10.8. The van der Waals surface area contributed by atoms with Crippen LogP contribution in [0.25, 0.3) is 11.4 Å². The topological polar surface area (TPSA) is 85.2 Å². The highest BCUT2D eigenvalue weighted by Gasteiger charge is 2.27. The van der Waals surface area contributed by atoms with E-state index in [4.69, 9.17) is 14.7 Å². The first kappa shape index (κ1) is 24.9. The molecule has 0 radical (unpaired) electrons. The Labute approximate surface area is 224 Å². The Hall–Kier alpha value is -3.36. The van der Waals surface area contributed by atoms with Crippen LogP contribution < -0.4 is 5.32 Å². The molecule has 4 heterocycles. The maximum absolute atomic E-state index is 13.1. The first-order valence-corrected chi connectivity index (χ1v) is 13.8. The first-order chi connectivity index (χ1) is 18.5. The maximum atomic E-state index is 13.1. The van der Waals surface area contributed by atoms with Crippen LogP contribution in [0.15, 0.2) is 36.7 Å². The first-order valence-electron chi connectivity index (χ1n) is 13.8. The Morgan fingerprint density at radius 3 is 2.58 bits per heavy atom. The van der Waals surface area contributed by atoms with Crippen molar-refractivity contribution in [3.63, 3.8) is 0 Å². The predicted octanol–water partition coefficient (Wildman–Crippen LogP) is 4.99. The monoisotopic (exact) mass is 512 g/mol. The molecule has 0 spiro atoms. The molecule has 0 aromatic carbocycles. The third-order valence-electron chi connectivity index (χ3n) is 8.19. The Balaban J connectivity index is 1.13. The SMILES string of the molecule is Cc1cc(NC(=O)c2cnn(-c3ccc(C4CC4)c(C)n3)c2C)cnc1C1=CCC(N2CCOCC2)CC1. The number of allylic oxidation sites excluding steroid dienone is 1. The molecule has 1 atom stereocenters. The van der Waals surface area contributed by atoms with Crippen LogP contribution in [0.1, 0.15) is 76.6 Å². The van der Waals surface area contributed by atoms with E-state index in [2.05, 4.69) is 41.3 Å². The van der Waals surface area contributed by atoms with E-state index in [1.807, 2.05) is 19.1 Å². The van der Waals surface area contributed by atoms with Gasteiger partial charge in [-0.2, -0.15) is 5.10 Å². The second-order valence-electron chi connectivity index (χ2n) is 10.8. The number of pyridine rings is 2. The Morgan fingerprint density at radius 1 is 1.08 bits per heavy atom. The van der Waals surface area contributed by atoms with Crippen LogP contribution in [0, 0.1) is 20.8 Å². The van der Waals surface area contributed by atoms with Crippen molar-refractivity contribution >= 4 is 17.2 Å². The molecule has 2 fully saturated rings. The fourth-order valence-corrected chi connectivity index (χ4v) is 5.85. The summed E-state index contributed by atoms with van der Waals surface area (Å²) in [7, 11) is 0. The number of nitrogens with one attached hydrogen (secondary N) is 1. The average molecular weight is 513 g/mol. The van der Waals surface area contributed by atoms with E-state index < -0.39 is 0 Å². The number of morpholine rings is 1. The molecule has 1 aliphatic heterocycles. The number of carbonyl (C=O) groups is 1. The lowest BCUT2D eigenvalue weighted by Crippen LogP contribution is -2.43. The number of aromatic nitrogens is 4. The van der Waals surface area contributed by atoms with E-state index in [1.165, 1.54) is 24.0 Å². The van der Waals surface area contributed by atoms with Crippen LogP contribution in [0.2, 0.25) is 0 Å². The molecule has 1 saturated heterocycles. The van der Waals surface area contributed by atoms with Gasteiger partial charge in [0.05, 0.1) is 48.2 Å². The molecule has 3 aliphatic rings. The number of hydrogen-bond acceptors (Lipinski definition) is 6.